The maximum absolute atomic E-state index is 6.12. The van der Waals surface area contributed by atoms with Gasteiger partial charge in [-0.25, -0.2) is 0 Å². The van der Waals surface area contributed by atoms with E-state index >= 15 is 0 Å². The third-order valence-electron chi connectivity index (χ3n) is 3.47. The molecule has 1 aromatic rings. The zero-order valence-electron chi connectivity index (χ0n) is 10.5. The van der Waals surface area contributed by atoms with Gasteiger partial charge in [0.15, 0.2) is 0 Å². The van der Waals surface area contributed by atoms with Crippen molar-refractivity contribution in [2.24, 2.45) is 11.7 Å². The number of nitrogens with two attached hydrogens (primary N) is 1. The summed E-state index contributed by atoms with van der Waals surface area (Å²) in [4.78, 5) is 0.318. The number of ether oxygens (including phenoxy) is 1. The Morgan fingerprint density at radius 1 is 1.33 bits per heavy atom. The summed E-state index contributed by atoms with van der Waals surface area (Å²) >= 11 is 11.0. The quantitative estimate of drug-likeness (QED) is 0.854. The molecule has 0 spiro atoms. The molecule has 0 amide bonds. The van der Waals surface area contributed by atoms with Gasteiger partial charge in [-0.3, -0.25) is 0 Å². The molecule has 1 fully saturated rings. The Morgan fingerprint density at radius 3 is 2.56 bits per heavy atom. The molecule has 4 heteroatoms. The molecule has 98 valence electrons. The van der Waals surface area contributed by atoms with E-state index < -0.39 is 0 Å². The van der Waals surface area contributed by atoms with E-state index in [9.17, 15) is 0 Å². The molecular formula is C14H18ClNOS. The lowest BCUT2D eigenvalue weighted by atomic mass is 9.89. The highest BCUT2D eigenvalue weighted by atomic mass is 35.5. The minimum Gasteiger partial charge on any atom is -0.490 e. The third-order valence-corrected chi connectivity index (χ3v) is 4.00. The van der Waals surface area contributed by atoms with Gasteiger partial charge in [0, 0.05) is 5.56 Å². The first kappa shape index (κ1) is 13.6. The predicted octanol–water partition coefficient (Wildman–Crippen LogP) is 3.93. The van der Waals surface area contributed by atoms with Crippen LogP contribution in [0.15, 0.2) is 18.2 Å². The van der Waals surface area contributed by atoms with E-state index in [1.165, 1.54) is 12.8 Å². The zero-order valence-corrected chi connectivity index (χ0v) is 12.1. The third kappa shape index (κ3) is 3.36. The van der Waals surface area contributed by atoms with Gasteiger partial charge in [-0.1, -0.05) is 30.7 Å². The molecule has 0 saturated heterocycles. The highest BCUT2D eigenvalue weighted by molar-refractivity contribution is 7.80. The van der Waals surface area contributed by atoms with Crippen molar-refractivity contribution in [3.05, 3.63) is 28.8 Å². The van der Waals surface area contributed by atoms with Crippen LogP contribution in [0.1, 0.15) is 38.2 Å². The Bertz CT molecular complexity index is 441. The Balaban J connectivity index is 2.02. The van der Waals surface area contributed by atoms with Crippen molar-refractivity contribution < 1.29 is 4.74 Å². The van der Waals surface area contributed by atoms with Crippen LogP contribution in [0.5, 0.6) is 5.75 Å². The monoisotopic (exact) mass is 283 g/mol. The molecule has 1 aliphatic carbocycles. The van der Waals surface area contributed by atoms with Crippen LogP contribution >= 0.6 is 23.8 Å². The Kier molecular flexibility index (Phi) is 4.46. The average Bonchev–Trinajstić information content (AvgIpc) is 2.32. The van der Waals surface area contributed by atoms with Gasteiger partial charge in [0.05, 0.1) is 11.1 Å². The van der Waals surface area contributed by atoms with Gasteiger partial charge in [0.2, 0.25) is 0 Å². The number of benzene rings is 1. The van der Waals surface area contributed by atoms with Gasteiger partial charge >= 0.3 is 0 Å². The largest absolute Gasteiger partial charge is 0.490 e. The first-order chi connectivity index (χ1) is 8.56. The van der Waals surface area contributed by atoms with Crippen molar-refractivity contribution in [3.63, 3.8) is 0 Å². The van der Waals surface area contributed by atoms with Gasteiger partial charge in [-0.2, -0.15) is 0 Å². The molecule has 1 aromatic carbocycles. The van der Waals surface area contributed by atoms with Gasteiger partial charge in [0.1, 0.15) is 10.7 Å². The first-order valence-corrected chi connectivity index (χ1v) is 7.11. The molecular weight excluding hydrogens is 266 g/mol. The molecule has 0 aliphatic heterocycles. The van der Waals surface area contributed by atoms with Crippen molar-refractivity contribution in [2.75, 3.05) is 0 Å². The summed E-state index contributed by atoms with van der Waals surface area (Å²) in [5, 5.41) is 0.559. The molecule has 0 atom stereocenters. The average molecular weight is 284 g/mol. The maximum Gasteiger partial charge on any atom is 0.121 e. The van der Waals surface area contributed by atoms with Crippen LogP contribution in [-0.4, -0.2) is 11.1 Å². The fourth-order valence-corrected chi connectivity index (χ4v) is 2.82. The van der Waals surface area contributed by atoms with E-state index in [1.807, 2.05) is 12.1 Å². The lowest BCUT2D eigenvalue weighted by Crippen LogP contribution is -2.23. The number of hydrogen-bond acceptors (Lipinski definition) is 2. The second-order valence-electron chi connectivity index (χ2n) is 5.01. The van der Waals surface area contributed by atoms with E-state index in [4.69, 9.17) is 34.3 Å². The standard InChI is InChI=1S/C14H18ClNOS/c1-9-2-4-10(5-3-9)17-11-6-7-12(14(16)18)13(15)8-11/h6-10H,2-5H2,1H3,(H2,16,18). The molecule has 1 saturated carbocycles. The van der Waals surface area contributed by atoms with Crippen molar-refractivity contribution >= 4 is 28.8 Å². The molecule has 18 heavy (non-hydrogen) atoms. The Hall–Kier alpha value is -0.800. The molecule has 0 unspecified atom stereocenters. The topological polar surface area (TPSA) is 35.2 Å². The number of halogens is 1. The summed E-state index contributed by atoms with van der Waals surface area (Å²) < 4.78 is 5.95. The Labute approximate surface area is 118 Å². The summed E-state index contributed by atoms with van der Waals surface area (Å²) in [5.74, 6) is 1.63. The Morgan fingerprint density at radius 2 is 2.00 bits per heavy atom. The second kappa shape index (κ2) is 5.89. The van der Waals surface area contributed by atoms with Crippen LogP contribution < -0.4 is 10.5 Å². The van der Waals surface area contributed by atoms with Crippen molar-refractivity contribution in [1.29, 1.82) is 0 Å². The van der Waals surface area contributed by atoms with Gasteiger partial charge in [-0.05, 0) is 49.8 Å². The summed E-state index contributed by atoms with van der Waals surface area (Å²) in [6, 6.07) is 5.51. The van der Waals surface area contributed by atoms with Crippen molar-refractivity contribution in [3.8, 4) is 5.75 Å². The van der Waals surface area contributed by atoms with Crippen LogP contribution in [0.2, 0.25) is 5.02 Å². The smallest absolute Gasteiger partial charge is 0.121 e. The number of thiocarbonyl (C=S) groups is 1. The lowest BCUT2D eigenvalue weighted by molar-refractivity contribution is 0.135. The summed E-state index contributed by atoms with van der Waals surface area (Å²) in [5.41, 5.74) is 6.28. The SMILES string of the molecule is CC1CCC(Oc2ccc(C(N)=S)c(Cl)c2)CC1. The van der Waals surface area contributed by atoms with Crippen LogP contribution in [0, 0.1) is 5.92 Å². The molecule has 0 aromatic heterocycles. The van der Waals surface area contributed by atoms with Gasteiger partial charge in [0.25, 0.3) is 0 Å². The normalized spacial score (nSPS) is 23.7. The number of rotatable bonds is 3. The minimum atomic E-state index is 0.313. The minimum absolute atomic E-state index is 0.313. The second-order valence-corrected chi connectivity index (χ2v) is 5.85. The van der Waals surface area contributed by atoms with Crippen LogP contribution in [-0.2, 0) is 0 Å². The molecule has 0 radical (unpaired) electrons. The molecule has 0 heterocycles. The van der Waals surface area contributed by atoms with Crippen LogP contribution in [0.4, 0.5) is 0 Å². The van der Waals surface area contributed by atoms with Crippen LogP contribution in [0.3, 0.4) is 0 Å². The summed E-state index contributed by atoms with van der Waals surface area (Å²) in [7, 11) is 0. The zero-order chi connectivity index (χ0) is 13.1. The van der Waals surface area contributed by atoms with Crippen molar-refractivity contribution in [1.82, 2.24) is 0 Å². The van der Waals surface area contributed by atoms with E-state index in [1.54, 1.807) is 6.07 Å². The maximum atomic E-state index is 6.12. The van der Waals surface area contributed by atoms with Gasteiger partial charge in [-0.15, -0.1) is 0 Å². The van der Waals surface area contributed by atoms with E-state index in [0.717, 1.165) is 24.5 Å². The summed E-state index contributed by atoms with van der Waals surface area (Å²) in [6.45, 7) is 2.30. The fraction of sp³-hybridized carbons (Fsp3) is 0.500. The molecule has 2 nitrogen and oxygen atoms in total. The van der Waals surface area contributed by atoms with E-state index in [0.29, 0.717) is 21.7 Å². The lowest BCUT2D eigenvalue weighted by Gasteiger charge is -2.27. The van der Waals surface area contributed by atoms with E-state index in [2.05, 4.69) is 6.92 Å². The first-order valence-electron chi connectivity index (χ1n) is 6.32. The molecule has 2 rings (SSSR count). The fourth-order valence-electron chi connectivity index (χ4n) is 2.31. The molecule has 1 aliphatic rings. The van der Waals surface area contributed by atoms with Crippen molar-refractivity contribution in [2.45, 2.75) is 38.7 Å². The molecule has 2 N–H and O–H groups in total. The molecule has 0 bridgehead atoms. The summed E-state index contributed by atoms with van der Waals surface area (Å²) in [6.07, 6.45) is 5.03. The van der Waals surface area contributed by atoms with E-state index in [-0.39, 0.29) is 0 Å². The van der Waals surface area contributed by atoms with Gasteiger partial charge < -0.3 is 10.5 Å². The highest BCUT2D eigenvalue weighted by Crippen LogP contribution is 2.29. The number of hydrogen-bond donors (Lipinski definition) is 1. The predicted molar refractivity (Wildman–Crippen MR) is 79.4 cm³/mol. The van der Waals surface area contributed by atoms with Crippen LogP contribution in [0.25, 0.3) is 0 Å². The highest BCUT2D eigenvalue weighted by Gasteiger charge is 2.19.